The summed E-state index contributed by atoms with van der Waals surface area (Å²) in [7, 11) is 0. The van der Waals surface area contributed by atoms with Crippen molar-refractivity contribution in [3.8, 4) is 0 Å². The molecule has 0 amide bonds. The minimum absolute atomic E-state index is 0.0491. The fourth-order valence-electron chi connectivity index (χ4n) is 1.49. The van der Waals surface area contributed by atoms with Crippen LogP contribution in [-0.4, -0.2) is 11.0 Å². The summed E-state index contributed by atoms with van der Waals surface area (Å²) in [6.07, 6.45) is 3.46. The lowest BCUT2D eigenvalue weighted by molar-refractivity contribution is -0.622. The molecule has 0 aromatic carbocycles. The summed E-state index contributed by atoms with van der Waals surface area (Å²) in [6, 6.07) is 0. The molecule has 0 bridgehead atoms. The Bertz CT molecular complexity index is 493. The molecular weight excluding hydrogens is 216 g/mol. The van der Waals surface area contributed by atoms with Crippen LogP contribution in [-0.2, 0) is 0 Å². The molecular formula is C11H13N6+. The summed E-state index contributed by atoms with van der Waals surface area (Å²) >= 11 is 0. The Labute approximate surface area is 99.8 Å². The van der Waals surface area contributed by atoms with E-state index in [4.69, 9.17) is 24.6 Å². The van der Waals surface area contributed by atoms with Gasteiger partial charge in [-0.25, -0.2) is 5.01 Å². The molecule has 0 aromatic rings. The standard InChI is InChI=1S/C11H12N6/c1-7-5-9(10(14-3)15-4)6-8(2)17(7)16-11(12)13/h5-6H,1-2H3,(H4,12,13,16)/p+1. The summed E-state index contributed by atoms with van der Waals surface area (Å²) in [5.74, 6) is 0.126. The number of nitrogens with two attached hydrogens (primary N) is 2. The second kappa shape index (κ2) is 4.86. The van der Waals surface area contributed by atoms with Gasteiger partial charge in [-0.3, -0.25) is 11.5 Å². The average Bonchev–Trinajstić information content (AvgIpc) is 2.25. The molecule has 0 unspecified atom stereocenters. The molecule has 17 heavy (non-hydrogen) atoms. The van der Waals surface area contributed by atoms with Crippen LogP contribution in [0.5, 0.6) is 0 Å². The van der Waals surface area contributed by atoms with E-state index in [1.165, 1.54) is 0 Å². The van der Waals surface area contributed by atoms with E-state index in [0.29, 0.717) is 5.57 Å². The second-order valence-electron chi connectivity index (χ2n) is 3.48. The summed E-state index contributed by atoms with van der Waals surface area (Å²) in [5, 5.41) is 4.45. The van der Waals surface area contributed by atoms with Crippen molar-refractivity contribution >= 4 is 5.96 Å². The van der Waals surface area contributed by atoms with Crippen LogP contribution in [0.15, 0.2) is 34.9 Å². The van der Waals surface area contributed by atoms with E-state index in [1.807, 2.05) is 13.8 Å². The minimum atomic E-state index is 0.0491. The Morgan fingerprint density at radius 2 is 1.65 bits per heavy atom. The molecule has 0 spiro atoms. The van der Waals surface area contributed by atoms with Crippen molar-refractivity contribution < 1.29 is 5.10 Å². The number of hydrogen-bond donors (Lipinski definition) is 3. The molecule has 1 aliphatic heterocycles. The van der Waals surface area contributed by atoms with Crippen LogP contribution in [0, 0.1) is 13.1 Å². The van der Waals surface area contributed by atoms with Gasteiger partial charge in [0.2, 0.25) is 0 Å². The highest BCUT2D eigenvalue weighted by atomic mass is 15.5. The summed E-state index contributed by atoms with van der Waals surface area (Å²) in [5.41, 5.74) is 12.9. The Morgan fingerprint density at radius 3 is 2.00 bits per heavy atom. The second-order valence-corrected chi connectivity index (χ2v) is 3.48. The maximum absolute atomic E-state index is 6.91. The van der Waals surface area contributed by atoms with Crippen molar-refractivity contribution in [2.75, 3.05) is 0 Å². The SMILES string of the molecule is [C-]#[N+]C([N+]#[C-])=C1C=C(C)N([NH+]=C(N)N)C(C)=C1. The lowest BCUT2D eigenvalue weighted by Crippen LogP contribution is -2.86. The van der Waals surface area contributed by atoms with Gasteiger partial charge in [-0.15, -0.1) is 0 Å². The number of guanidine groups is 1. The molecule has 0 atom stereocenters. The molecule has 6 heteroatoms. The van der Waals surface area contributed by atoms with Gasteiger partial charge >= 0.3 is 11.8 Å². The first-order valence-corrected chi connectivity index (χ1v) is 4.80. The van der Waals surface area contributed by atoms with Gasteiger partial charge in [-0.1, -0.05) is 0 Å². The van der Waals surface area contributed by atoms with Crippen LogP contribution in [0.1, 0.15) is 13.8 Å². The molecule has 0 fully saturated rings. The first-order chi connectivity index (χ1) is 7.99. The van der Waals surface area contributed by atoms with Crippen LogP contribution < -0.4 is 16.6 Å². The smallest absolute Gasteiger partial charge is 0.289 e. The van der Waals surface area contributed by atoms with E-state index in [9.17, 15) is 0 Å². The van der Waals surface area contributed by atoms with E-state index in [-0.39, 0.29) is 11.8 Å². The highest BCUT2D eigenvalue weighted by molar-refractivity contribution is 5.69. The largest absolute Gasteiger partial charge is 0.526 e. The molecule has 86 valence electrons. The van der Waals surface area contributed by atoms with E-state index in [1.54, 1.807) is 17.2 Å². The average molecular weight is 229 g/mol. The normalized spacial score (nSPS) is 14.1. The molecule has 5 N–H and O–H groups in total. The number of rotatable bonds is 1. The van der Waals surface area contributed by atoms with Gasteiger partial charge in [-0.05, 0) is 26.0 Å². The van der Waals surface area contributed by atoms with Crippen molar-refractivity contribution in [2.24, 2.45) is 11.5 Å². The van der Waals surface area contributed by atoms with Crippen molar-refractivity contribution in [2.45, 2.75) is 13.8 Å². The van der Waals surface area contributed by atoms with Crippen LogP contribution in [0.4, 0.5) is 0 Å². The summed E-state index contributed by atoms with van der Waals surface area (Å²) < 4.78 is 0. The van der Waals surface area contributed by atoms with Gasteiger partial charge < -0.3 is 0 Å². The van der Waals surface area contributed by atoms with Gasteiger partial charge in [0.1, 0.15) is 13.1 Å². The van der Waals surface area contributed by atoms with Crippen molar-refractivity contribution in [3.05, 3.63) is 57.8 Å². The maximum Gasteiger partial charge on any atom is 0.526 e. The van der Waals surface area contributed by atoms with Gasteiger partial charge in [0.05, 0.1) is 17.0 Å². The van der Waals surface area contributed by atoms with Crippen molar-refractivity contribution in [1.82, 2.24) is 5.01 Å². The van der Waals surface area contributed by atoms with Crippen LogP contribution in [0.25, 0.3) is 9.69 Å². The quantitative estimate of drug-likeness (QED) is 0.320. The third-order valence-electron chi connectivity index (χ3n) is 2.15. The van der Waals surface area contributed by atoms with Crippen molar-refractivity contribution in [1.29, 1.82) is 0 Å². The van der Waals surface area contributed by atoms with E-state index >= 15 is 0 Å². The Balaban J connectivity index is 3.26. The Morgan fingerprint density at radius 1 is 1.18 bits per heavy atom. The summed E-state index contributed by atoms with van der Waals surface area (Å²) in [6.45, 7) is 17.5. The summed E-state index contributed by atoms with van der Waals surface area (Å²) in [4.78, 5) is 6.36. The van der Waals surface area contributed by atoms with Crippen molar-refractivity contribution in [3.63, 3.8) is 0 Å². The molecule has 0 aliphatic carbocycles. The molecule has 0 saturated heterocycles. The molecule has 0 aromatic heterocycles. The number of allylic oxidation sites excluding steroid dienone is 5. The fraction of sp³-hybridized carbons (Fsp3) is 0.182. The molecule has 1 rings (SSSR count). The number of hydrogen-bond acceptors (Lipinski definition) is 1. The number of nitrogens with one attached hydrogen (secondary N) is 1. The van der Waals surface area contributed by atoms with E-state index in [0.717, 1.165) is 11.4 Å². The molecule has 0 saturated carbocycles. The highest BCUT2D eigenvalue weighted by Gasteiger charge is 2.19. The number of hydrazone groups is 1. The number of nitrogens with zero attached hydrogens (tertiary/aromatic N) is 3. The fourth-order valence-corrected chi connectivity index (χ4v) is 1.49. The van der Waals surface area contributed by atoms with E-state index in [2.05, 4.69) is 14.8 Å². The predicted molar refractivity (Wildman–Crippen MR) is 63.9 cm³/mol. The zero-order chi connectivity index (χ0) is 13.0. The predicted octanol–water partition coefficient (Wildman–Crippen LogP) is -0.571. The maximum atomic E-state index is 6.91. The third-order valence-corrected chi connectivity index (χ3v) is 2.15. The Hall–Kier alpha value is -2.73. The van der Waals surface area contributed by atoms with Gasteiger partial charge in [0.25, 0.3) is 0 Å². The third kappa shape index (κ3) is 2.64. The van der Waals surface area contributed by atoms with Gasteiger partial charge in [0.15, 0.2) is 0 Å². The zero-order valence-electron chi connectivity index (χ0n) is 9.65. The van der Waals surface area contributed by atoms with Crippen LogP contribution in [0.2, 0.25) is 0 Å². The Kier molecular flexibility index (Phi) is 3.53. The van der Waals surface area contributed by atoms with E-state index < -0.39 is 0 Å². The minimum Gasteiger partial charge on any atom is -0.289 e. The number of hydrazine groups is 1. The van der Waals surface area contributed by atoms with Crippen LogP contribution in [0.3, 0.4) is 0 Å². The lowest BCUT2D eigenvalue weighted by atomic mass is 10.1. The van der Waals surface area contributed by atoms with Gasteiger partial charge in [-0.2, -0.15) is 14.8 Å². The first-order valence-electron chi connectivity index (χ1n) is 4.80. The topological polar surface area (TPSA) is 78.0 Å². The lowest BCUT2D eigenvalue weighted by Gasteiger charge is -2.22. The molecule has 0 radical (unpaired) electrons. The molecule has 6 nitrogen and oxygen atoms in total. The van der Waals surface area contributed by atoms with Gasteiger partial charge in [0, 0.05) is 0 Å². The molecule has 1 aliphatic rings. The van der Waals surface area contributed by atoms with Crippen LogP contribution >= 0.6 is 0 Å². The zero-order valence-corrected chi connectivity index (χ0v) is 9.65. The first kappa shape index (κ1) is 12.3. The monoisotopic (exact) mass is 229 g/mol. The molecule has 1 heterocycles. The highest BCUT2D eigenvalue weighted by Crippen LogP contribution is 2.22.